The quantitative estimate of drug-likeness (QED) is 0.389. The van der Waals surface area contributed by atoms with Crippen molar-refractivity contribution in [3.63, 3.8) is 0 Å². The molecule has 0 saturated carbocycles. The maximum Gasteiger partial charge on any atom is 1.00 e. The third kappa shape index (κ3) is 4.25. The Morgan fingerprint density at radius 2 is 1.64 bits per heavy atom. The standard InChI is InChI=1S/C7H6O2.BH3.Na/c8-7(9)6-4-2-1-3-5-6;;/h1-5H,(H,8,9);1H3;/q;;+1/p-1. The van der Waals surface area contributed by atoms with E-state index < -0.39 is 5.97 Å². The van der Waals surface area contributed by atoms with E-state index in [4.69, 9.17) is 0 Å². The van der Waals surface area contributed by atoms with E-state index in [9.17, 15) is 9.90 Å². The third-order valence-electron chi connectivity index (χ3n) is 1.01. The monoisotopic (exact) mass is 158 g/mol. The predicted molar refractivity (Wildman–Crippen MR) is 40.7 cm³/mol. The Kier molecular flexibility index (Phi) is 7.85. The van der Waals surface area contributed by atoms with Crippen molar-refractivity contribution in [2.75, 3.05) is 0 Å². The second-order valence-electron chi connectivity index (χ2n) is 1.65. The van der Waals surface area contributed by atoms with Crippen LogP contribution in [-0.2, 0) is 0 Å². The summed E-state index contributed by atoms with van der Waals surface area (Å²) in [6.45, 7) is 0. The van der Waals surface area contributed by atoms with Gasteiger partial charge < -0.3 is 9.90 Å². The summed E-state index contributed by atoms with van der Waals surface area (Å²) in [4.78, 5) is 10.1. The number of rotatable bonds is 1. The molecule has 0 fully saturated rings. The van der Waals surface area contributed by atoms with Gasteiger partial charge in [0.2, 0.25) is 0 Å². The Morgan fingerprint density at radius 1 is 1.18 bits per heavy atom. The number of hydrogen-bond acceptors (Lipinski definition) is 2. The molecule has 0 heterocycles. The van der Waals surface area contributed by atoms with E-state index in [0.717, 1.165) is 0 Å². The first kappa shape index (κ1) is 13.4. The summed E-state index contributed by atoms with van der Waals surface area (Å²) in [5.41, 5.74) is 0.220. The zero-order valence-corrected chi connectivity index (χ0v) is 7.70. The number of carboxylic acids is 1. The van der Waals surface area contributed by atoms with Gasteiger partial charge in [-0.05, 0) is 5.56 Å². The fourth-order valence-electron chi connectivity index (χ4n) is 0.574. The zero-order valence-electron chi connectivity index (χ0n) is 5.70. The van der Waals surface area contributed by atoms with Gasteiger partial charge in [0.15, 0.2) is 0 Å². The molecule has 0 aliphatic carbocycles. The summed E-state index contributed by atoms with van der Waals surface area (Å²) < 4.78 is 0. The van der Waals surface area contributed by atoms with Gasteiger partial charge in [-0.2, -0.15) is 0 Å². The van der Waals surface area contributed by atoms with E-state index in [1.807, 2.05) is 0 Å². The van der Waals surface area contributed by atoms with Gasteiger partial charge >= 0.3 is 29.6 Å². The largest absolute Gasteiger partial charge is 1.00 e. The van der Waals surface area contributed by atoms with Crippen molar-refractivity contribution >= 4 is 14.4 Å². The number of carbonyl (C=O) groups is 1. The molecule has 1 aromatic carbocycles. The van der Waals surface area contributed by atoms with Gasteiger partial charge in [0.05, 0.1) is 14.4 Å². The normalized spacial score (nSPS) is 7.27. The fourth-order valence-corrected chi connectivity index (χ4v) is 0.574. The minimum absolute atomic E-state index is 0. The van der Waals surface area contributed by atoms with E-state index in [-0.39, 0.29) is 43.5 Å². The van der Waals surface area contributed by atoms with Gasteiger partial charge in [-0.3, -0.25) is 0 Å². The van der Waals surface area contributed by atoms with Crippen molar-refractivity contribution in [3.05, 3.63) is 35.9 Å². The van der Waals surface area contributed by atoms with E-state index in [2.05, 4.69) is 0 Å². The van der Waals surface area contributed by atoms with Crippen molar-refractivity contribution in [1.82, 2.24) is 0 Å². The molecule has 0 atom stereocenters. The molecule has 4 heteroatoms. The van der Waals surface area contributed by atoms with Gasteiger partial charge in [0, 0.05) is 0 Å². The van der Waals surface area contributed by atoms with Crippen LogP contribution in [0.1, 0.15) is 10.4 Å². The van der Waals surface area contributed by atoms with Crippen LogP contribution in [0.15, 0.2) is 30.3 Å². The van der Waals surface area contributed by atoms with E-state index >= 15 is 0 Å². The molecule has 0 bridgehead atoms. The van der Waals surface area contributed by atoms with Crippen LogP contribution in [0.3, 0.4) is 0 Å². The predicted octanol–water partition coefficient (Wildman–Crippen LogP) is -4.13. The maximum atomic E-state index is 10.1. The molecule has 0 saturated heterocycles. The Balaban J connectivity index is 0. The second-order valence-corrected chi connectivity index (χ2v) is 1.65. The van der Waals surface area contributed by atoms with E-state index in [1.165, 1.54) is 12.1 Å². The van der Waals surface area contributed by atoms with Gasteiger partial charge in [0.25, 0.3) is 0 Å². The average molecular weight is 158 g/mol. The first-order valence-corrected chi connectivity index (χ1v) is 2.57. The molecule has 2 nitrogen and oxygen atoms in total. The molecule has 0 unspecified atom stereocenters. The fraction of sp³-hybridized carbons (Fsp3) is 0. The van der Waals surface area contributed by atoms with Crippen molar-refractivity contribution in [3.8, 4) is 0 Å². The minimum atomic E-state index is -1.13. The molecule has 0 amide bonds. The Hall–Kier alpha value is -0.245. The molecule has 1 rings (SSSR count). The SMILES string of the molecule is B.O=C([O-])c1ccccc1.[Na+]. The summed E-state index contributed by atoms with van der Waals surface area (Å²) in [5, 5.41) is 10.1. The van der Waals surface area contributed by atoms with Crippen LogP contribution in [0.4, 0.5) is 0 Å². The second kappa shape index (κ2) is 6.46. The third-order valence-corrected chi connectivity index (χ3v) is 1.01. The van der Waals surface area contributed by atoms with Gasteiger partial charge in [-0.1, -0.05) is 30.3 Å². The molecule has 0 aliphatic heterocycles. The van der Waals surface area contributed by atoms with Gasteiger partial charge in [-0.25, -0.2) is 0 Å². The average Bonchev–Trinajstić information content (AvgIpc) is 1.90. The number of carboxylic acid groups (broad SMARTS) is 1. The first-order valence-electron chi connectivity index (χ1n) is 2.57. The van der Waals surface area contributed by atoms with Crippen molar-refractivity contribution in [2.45, 2.75) is 0 Å². The van der Waals surface area contributed by atoms with Crippen molar-refractivity contribution < 1.29 is 39.5 Å². The summed E-state index contributed by atoms with van der Waals surface area (Å²) in [6, 6.07) is 8.06. The molecule has 0 aromatic heterocycles. The van der Waals surface area contributed by atoms with Crippen LogP contribution in [0, 0.1) is 0 Å². The van der Waals surface area contributed by atoms with Gasteiger partial charge in [-0.15, -0.1) is 0 Å². The number of hydrogen-bond donors (Lipinski definition) is 0. The number of benzene rings is 1. The van der Waals surface area contributed by atoms with Gasteiger partial charge in [0.1, 0.15) is 0 Å². The molecule has 0 aliphatic rings. The summed E-state index contributed by atoms with van der Waals surface area (Å²) in [5.74, 6) is -1.13. The van der Waals surface area contributed by atoms with Crippen LogP contribution in [0.5, 0.6) is 0 Å². The maximum absolute atomic E-state index is 10.1. The van der Waals surface area contributed by atoms with Crippen molar-refractivity contribution in [1.29, 1.82) is 0 Å². The number of aromatic carboxylic acids is 1. The topological polar surface area (TPSA) is 40.1 Å². The molecular weight excluding hydrogens is 150 g/mol. The van der Waals surface area contributed by atoms with Crippen LogP contribution < -0.4 is 34.7 Å². The first-order chi connectivity index (χ1) is 4.30. The molecule has 0 radical (unpaired) electrons. The summed E-state index contributed by atoms with van der Waals surface area (Å²) >= 11 is 0. The summed E-state index contributed by atoms with van der Waals surface area (Å²) in [7, 11) is 0. The van der Waals surface area contributed by atoms with Crippen LogP contribution in [0.25, 0.3) is 0 Å². The minimum Gasteiger partial charge on any atom is -0.545 e. The summed E-state index contributed by atoms with van der Waals surface area (Å²) in [6.07, 6.45) is 0. The smallest absolute Gasteiger partial charge is 0.545 e. The molecular formula is C7H8BNaO2. The van der Waals surface area contributed by atoms with Crippen LogP contribution in [-0.4, -0.2) is 14.4 Å². The molecule has 52 valence electrons. The Labute approximate surface area is 89.5 Å². The molecule has 0 spiro atoms. The van der Waals surface area contributed by atoms with E-state index in [0.29, 0.717) is 0 Å². The zero-order chi connectivity index (χ0) is 6.69. The molecule has 1 aromatic rings. The van der Waals surface area contributed by atoms with Crippen LogP contribution >= 0.6 is 0 Å². The van der Waals surface area contributed by atoms with Crippen LogP contribution in [0.2, 0.25) is 0 Å². The van der Waals surface area contributed by atoms with Crippen molar-refractivity contribution in [2.24, 2.45) is 0 Å². The number of carbonyl (C=O) groups excluding carboxylic acids is 1. The molecule has 11 heavy (non-hydrogen) atoms. The Bertz CT molecular complexity index is 213. The molecule has 0 N–H and O–H groups in total. The van der Waals surface area contributed by atoms with E-state index in [1.54, 1.807) is 18.2 Å². The Morgan fingerprint density at radius 3 is 1.91 bits per heavy atom.